The Labute approximate surface area is 180 Å². The Morgan fingerprint density at radius 2 is 2.00 bits per heavy atom. The predicted molar refractivity (Wildman–Crippen MR) is 118 cm³/mol. The molecule has 30 heavy (non-hydrogen) atoms. The maximum Gasteiger partial charge on any atom is 0.226 e. The third kappa shape index (κ3) is 3.43. The molecule has 5 heterocycles. The van der Waals surface area contributed by atoms with Crippen molar-refractivity contribution in [3.8, 4) is 11.4 Å². The normalized spacial score (nSPS) is 19.5. The molecule has 4 aromatic rings. The van der Waals surface area contributed by atoms with Gasteiger partial charge in [-0.2, -0.15) is 5.10 Å². The summed E-state index contributed by atoms with van der Waals surface area (Å²) in [6, 6.07) is 5.75. The summed E-state index contributed by atoms with van der Waals surface area (Å²) in [4.78, 5) is 16.5. The van der Waals surface area contributed by atoms with Gasteiger partial charge in [-0.25, -0.2) is 15.0 Å². The monoisotopic (exact) mass is 421 g/mol. The van der Waals surface area contributed by atoms with Gasteiger partial charge in [0, 0.05) is 36.6 Å². The zero-order chi connectivity index (χ0) is 20.8. The number of fused-ring (bicyclic) bond motifs is 1. The topological polar surface area (TPSA) is 75.0 Å². The summed E-state index contributed by atoms with van der Waals surface area (Å²) in [5.41, 5.74) is 5.96. The summed E-state index contributed by atoms with van der Waals surface area (Å²) in [5, 5.41) is 7.96. The molecule has 1 N–H and O–H groups in total. The van der Waals surface area contributed by atoms with E-state index >= 15 is 0 Å². The first-order chi connectivity index (χ1) is 14.5. The maximum atomic E-state index is 6.22. The fraction of sp³-hybridized carbons (Fsp3) is 0.364. The first kappa shape index (κ1) is 19.1. The third-order valence-corrected chi connectivity index (χ3v) is 6.05. The lowest BCUT2D eigenvalue weighted by Gasteiger charge is -2.36. The minimum atomic E-state index is 0.412. The summed E-state index contributed by atoms with van der Waals surface area (Å²) in [5.74, 6) is 1.72. The van der Waals surface area contributed by atoms with Crippen molar-refractivity contribution < 1.29 is 0 Å². The lowest BCUT2D eigenvalue weighted by Crippen LogP contribution is -2.40. The van der Waals surface area contributed by atoms with Crippen molar-refractivity contribution in [1.29, 1.82) is 0 Å². The molecule has 1 saturated heterocycles. The highest BCUT2D eigenvalue weighted by atomic mass is 35.5. The molecule has 0 amide bonds. The van der Waals surface area contributed by atoms with Crippen LogP contribution in [0.25, 0.3) is 17.0 Å². The summed E-state index contributed by atoms with van der Waals surface area (Å²) < 4.78 is 1.98. The maximum absolute atomic E-state index is 6.22. The second-order valence-electron chi connectivity index (χ2n) is 8.31. The summed E-state index contributed by atoms with van der Waals surface area (Å²) in [6.07, 6.45) is 6.81. The Kier molecular flexibility index (Phi) is 4.70. The molecule has 8 heteroatoms. The Bertz CT molecular complexity index is 1210. The molecule has 1 aliphatic heterocycles. The molecule has 1 aliphatic rings. The SMILES string of the molecule is Cc1cc(-c2cnc3ccc(Cl)cn23)nc(N2C[C@@H](C)C[C@H](c3cn[nH]c3C)C2)n1. The van der Waals surface area contributed by atoms with E-state index in [-0.39, 0.29) is 0 Å². The summed E-state index contributed by atoms with van der Waals surface area (Å²) in [7, 11) is 0. The number of hydrogen-bond donors (Lipinski definition) is 1. The minimum absolute atomic E-state index is 0.412. The number of rotatable bonds is 3. The number of aryl methyl sites for hydroxylation is 2. The van der Waals surface area contributed by atoms with Crippen LogP contribution in [0.15, 0.2) is 36.8 Å². The lowest BCUT2D eigenvalue weighted by molar-refractivity contribution is 0.397. The van der Waals surface area contributed by atoms with Crippen LogP contribution in [0.5, 0.6) is 0 Å². The molecule has 154 valence electrons. The number of aromatic amines is 1. The van der Waals surface area contributed by atoms with Gasteiger partial charge in [0.1, 0.15) is 5.65 Å². The molecule has 1 fully saturated rings. The number of piperidine rings is 1. The molecule has 0 bridgehead atoms. The van der Waals surface area contributed by atoms with Crippen LogP contribution in [-0.4, -0.2) is 42.6 Å². The van der Waals surface area contributed by atoms with Crippen LogP contribution >= 0.6 is 11.6 Å². The van der Waals surface area contributed by atoms with Gasteiger partial charge in [0.25, 0.3) is 0 Å². The van der Waals surface area contributed by atoms with Crippen molar-refractivity contribution in [3.05, 3.63) is 58.8 Å². The number of aromatic nitrogens is 6. The van der Waals surface area contributed by atoms with E-state index in [0.717, 1.165) is 53.9 Å². The van der Waals surface area contributed by atoms with E-state index in [9.17, 15) is 0 Å². The Morgan fingerprint density at radius 1 is 1.13 bits per heavy atom. The number of pyridine rings is 1. The number of H-pyrrole nitrogens is 1. The van der Waals surface area contributed by atoms with Gasteiger partial charge in [0.2, 0.25) is 5.95 Å². The van der Waals surface area contributed by atoms with Crippen molar-refractivity contribution in [1.82, 2.24) is 29.5 Å². The van der Waals surface area contributed by atoms with Crippen molar-refractivity contribution >= 4 is 23.2 Å². The average molecular weight is 422 g/mol. The molecule has 0 aliphatic carbocycles. The zero-order valence-corrected chi connectivity index (χ0v) is 18.1. The highest BCUT2D eigenvalue weighted by Crippen LogP contribution is 2.33. The van der Waals surface area contributed by atoms with Crippen LogP contribution in [0.3, 0.4) is 0 Å². The standard InChI is InChI=1S/C22H24ClN7/c1-13-6-16(18-8-25-28-15(18)3)11-29(10-13)22-26-14(2)7-19(27-22)20-9-24-21-5-4-17(23)12-30(20)21/h4-5,7-9,12-13,16H,6,10-11H2,1-3H3,(H,25,28)/t13-,16-/m0/s1. The molecule has 2 atom stereocenters. The van der Waals surface area contributed by atoms with E-state index in [2.05, 4.69) is 33.9 Å². The van der Waals surface area contributed by atoms with Crippen molar-refractivity contribution in [2.24, 2.45) is 5.92 Å². The summed E-state index contributed by atoms with van der Waals surface area (Å²) in [6.45, 7) is 8.21. The second-order valence-corrected chi connectivity index (χ2v) is 8.74. The van der Waals surface area contributed by atoms with Crippen LogP contribution in [0, 0.1) is 19.8 Å². The molecular weight excluding hydrogens is 398 g/mol. The highest BCUT2D eigenvalue weighted by molar-refractivity contribution is 6.30. The first-order valence-electron chi connectivity index (χ1n) is 10.2. The molecular formula is C22H24ClN7. The van der Waals surface area contributed by atoms with Crippen LogP contribution in [0.1, 0.15) is 36.2 Å². The van der Waals surface area contributed by atoms with Gasteiger partial charge in [0.05, 0.1) is 28.8 Å². The number of halogens is 1. The van der Waals surface area contributed by atoms with E-state index in [1.165, 1.54) is 5.56 Å². The Balaban J connectivity index is 1.53. The number of hydrogen-bond acceptors (Lipinski definition) is 5. The fourth-order valence-electron chi connectivity index (χ4n) is 4.48. The van der Waals surface area contributed by atoms with Gasteiger partial charge in [0.15, 0.2) is 0 Å². The van der Waals surface area contributed by atoms with Crippen molar-refractivity contribution in [3.63, 3.8) is 0 Å². The second kappa shape index (κ2) is 7.40. The van der Waals surface area contributed by atoms with Gasteiger partial charge in [-0.15, -0.1) is 0 Å². The Morgan fingerprint density at radius 3 is 2.80 bits per heavy atom. The molecule has 0 spiro atoms. The fourth-order valence-corrected chi connectivity index (χ4v) is 4.64. The van der Waals surface area contributed by atoms with Gasteiger partial charge in [-0.05, 0) is 49.9 Å². The van der Waals surface area contributed by atoms with Gasteiger partial charge < -0.3 is 4.90 Å². The van der Waals surface area contributed by atoms with E-state index in [4.69, 9.17) is 21.6 Å². The molecule has 5 rings (SSSR count). The van der Waals surface area contributed by atoms with Crippen LogP contribution in [-0.2, 0) is 0 Å². The number of imidazole rings is 1. The van der Waals surface area contributed by atoms with Gasteiger partial charge in [-0.1, -0.05) is 18.5 Å². The predicted octanol–water partition coefficient (Wildman–Crippen LogP) is 4.41. The molecule has 0 unspecified atom stereocenters. The minimum Gasteiger partial charge on any atom is -0.340 e. The Hall–Kier alpha value is -2.93. The highest BCUT2D eigenvalue weighted by Gasteiger charge is 2.29. The van der Waals surface area contributed by atoms with Crippen molar-refractivity contribution in [2.75, 3.05) is 18.0 Å². The van der Waals surface area contributed by atoms with E-state index in [1.54, 1.807) is 0 Å². The van der Waals surface area contributed by atoms with Crippen LogP contribution in [0.2, 0.25) is 5.02 Å². The van der Waals surface area contributed by atoms with Crippen LogP contribution in [0.4, 0.5) is 5.95 Å². The van der Waals surface area contributed by atoms with Gasteiger partial charge in [-0.3, -0.25) is 9.50 Å². The molecule has 7 nitrogen and oxygen atoms in total. The molecule has 0 aromatic carbocycles. The quantitative estimate of drug-likeness (QED) is 0.530. The molecule has 4 aromatic heterocycles. The number of nitrogens with one attached hydrogen (secondary N) is 1. The van der Waals surface area contributed by atoms with Crippen LogP contribution < -0.4 is 4.90 Å². The largest absolute Gasteiger partial charge is 0.340 e. The van der Waals surface area contributed by atoms with Crippen molar-refractivity contribution in [2.45, 2.75) is 33.1 Å². The van der Waals surface area contributed by atoms with E-state index in [0.29, 0.717) is 16.9 Å². The number of anilines is 1. The number of nitrogens with zero attached hydrogens (tertiary/aromatic N) is 6. The molecule has 0 saturated carbocycles. The van der Waals surface area contributed by atoms with E-state index < -0.39 is 0 Å². The van der Waals surface area contributed by atoms with E-state index in [1.807, 2.05) is 48.1 Å². The summed E-state index contributed by atoms with van der Waals surface area (Å²) >= 11 is 6.22. The zero-order valence-electron chi connectivity index (χ0n) is 17.3. The third-order valence-electron chi connectivity index (χ3n) is 5.83. The first-order valence-corrected chi connectivity index (χ1v) is 10.6. The van der Waals surface area contributed by atoms with Gasteiger partial charge >= 0.3 is 0 Å². The smallest absolute Gasteiger partial charge is 0.226 e. The lowest BCUT2D eigenvalue weighted by atomic mass is 9.86. The molecule has 0 radical (unpaired) electrons. The average Bonchev–Trinajstić information content (AvgIpc) is 3.32.